The maximum atomic E-state index is 12.7. The van der Waals surface area contributed by atoms with Crippen molar-refractivity contribution in [3.8, 4) is 0 Å². The van der Waals surface area contributed by atoms with Crippen molar-refractivity contribution in [1.82, 2.24) is 25.3 Å². The fourth-order valence-electron chi connectivity index (χ4n) is 3.88. The first-order chi connectivity index (χ1) is 12.1. The minimum Gasteiger partial charge on any atom is -0.480 e. The zero-order valence-corrected chi connectivity index (χ0v) is 14.6. The van der Waals surface area contributed by atoms with Crippen molar-refractivity contribution < 1.29 is 14.7 Å². The quantitative estimate of drug-likeness (QED) is 0.724. The van der Waals surface area contributed by atoms with Gasteiger partial charge in [-0.15, -0.1) is 0 Å². The van der Waals surface area contributed by atoms with Crippen LogP contribution in [0.3, 0.4) is 0 Å². The molecule has 0 bridgehead atoms. The number of carboxylic acid groups (broad SMARTS) is 1. The van der Waals surface area contributed by atoms with E-state index in [-0.39, 0.29) is 30.7 Å². The Labute approximate surface area is 147 Å². The number of rotatable bonds is 6. The van der Waals surface area contributed by atoms with Gasteiger partial charge in [-0.05, 0) is 44.7 Å². The number of aromatic amines is 1. The SMILES string of the molecule is CCN(CC(=O)O)C1CC(NC(=O)N2CCCCC2c2ccn[nH]2)C1. The third-order valence-electron chi connectivity index (χ3n) is 5.35. The Hall–Kier alpha value is -2.09. The summed E-state index contributed by atoms with van der Waals surface area (Å²) < 4.78 is 0. The van der Waals surface area contributed by atoms with Crippen molar-refractivity contribution in [3.05, 3.63) is 18.0 Å². The molecule has 1 aliphatic heterocycles. The number of aliphatic carboxylic acids is 1. The summed E-state index contributed by atoms with van der Waals surface area (Å²) in [6.45, 7) is 3.50. The first-order valence-electron chi connectivity index (χ1n) is 9.10. The van der Waals surface area contributed by atoms with Crippen molar-refractivity contribution in [2.45, 2.75) is 57.2 Å². The number of H-pyrrole nitrogens is 1. The fourth-order valence-corrected chi connectivity index (χ4v) is 3.88. The molecule has 2 amide bonds. The molecule has 1 aliphatic carbocycles. The van der Waals surface area contributed by atoms with Crippen LogP contribution in [-0.4, -0.2) is 68.8 Å². The summed E-state index contributed by atoms with van der Waals surface area (Å²) in [4.78, 5) is 27.5. The smallest absolute Gasteiger partial charge is 0.318 e. The lowest BCUT2D eigenvalue weighted by molar-refractivity contribution is -0.139. The molecule has 0 radical (unpaired) electrons. The number of likely N-dealkylation sites (tertiary alicyclic amines) is 1. The molecular weight excluding hydrogens is 322 g/mol. The van der Waals surface area contributed by atoms with E-state index in [2.05, 4.69) is 15.5 Å². The lowest BCUT2D eigenvalue weighted by Gasteiger charge is -2.44. The number of carbonyl (C=O) groups is 2. The largest absolute Gasteiger partial charge is 0.480 e. The van der Waals surface area contributed by atoms with Crippen LogP contribution in [0.2, 0.25) is 0 Å². The highest BCUT2D eigenvalue weighted by molar-refractivity contribution is 5.75. The number of amides is 2. The molecule has 138 valence electrons. The van der Waals surface area contributed by atoms with Gasteiger partial charge in [-0.2, -0.15) is 5.10 Å². The predicted octanol–water partition coefficient (Wildman–Crippen LogP) is 1.58. The van der Waals surface area contributed by atoms with Crippen molar-refractivity contribution >= 4 is 12.0 Å². The first kappa shape index (κ1) is 17.7. The number of hydrogen-bond acceptors (Lipinski definition) is 4. The number of urea groups is 1. The average Bonchev–Trinajstić information content (AvgIpc) is 3.10. The number of carbonyl (C=O) groups excluding carboxylic acids is 1. The van der Waals surface area contributed by atoms with Gasteiger partial charge in [0.25, 0.3) is 0 Å². The standard InChI is InChI=1S/C17H27N5O3/c1-2-21(11-16(23)24)13-9-12(10-13)19-17(25)22-8-4-3-5-15(22)14-6-7-18-20-14/h6-7,12-13,15H,2-5,8-11H2,1H3,(H,18,20)(H,19,25)(H,23,24). The molecule has 2 fully saturated rings. The third kappa shape index (κ3) is 4.12. The molecule has 1 unspecified atom stereocenters. The number of carboxylic acids is 1. The van der Waals surface area contributed by atoms with Crippen LogP contribution in [0.1, 0.15) is 50.8 Å². The van der Waals surface area contributed by atoms with E-state index >= 15 is 0 Å². The van der Waals surface area contributed by atoms with Crippen molar-refractivity contribution in [3.63, 3.8) is 0 Å². The molecule has 1 atom stereocenters. The fraction of sp³-hybridized carbons (Fsp3) is 0.706. The number of hydrogen-bond donors (Lipinski definition) is 3. The van der Waals surface area contributed by atoms with Gasteiger partial charge in [-0.25, -0.2) is 4.79 Å². The van der Waals surface area contributed by atoms with E-state index < -0.39 is 5.97 Å². The Bertz CT molecular complexity index is 585. The Morgan fingerprint density at radius 1 is 1.44 bits per heavy atom. The van der Waals surface area contributed by atoms with Gasteiger partial charge >= 0.3 is 12.0 Å². The number of aromatic nitrogens is 2. The average molecular weight is 349 g/mol. The zero-order valence-electron chi connectivity index (χ0n) is 14.6. The lowest BCUT2D eigenvalue weighted by atomic mass is 9.85. The molecule has 1 saturated carbocycles. The number of nitrogens with one attached hydrogen (secondary N) is 2. The minimum absolute atomic E-state index is 0.0240. The number of piperidine rings is 1. The van der Waals surface area contributed by atoms with Gasteiger partial charge in [0.05, 0.1) is 18.3 Å². The van der Waals surface area contributed by atoms with Crippen LogP contribution in [0.15, 0.2) is 12.3 Å². The van der Waals surface area contributed by atoms with E-state index in [1.807, 2.05) is 22.8 Å². The van der Waals surface area contributed by atoms with Gasteiger partial charge in [0.2, 0.25) is 0 Å². The van der Waals surface area contributed by atoms with Crippen molar-refractivity contribution in [1.29, 1.82) is 0 Å². The molecule has 1 aromatic rings. The summed E-state index contributed by atoms with van der Waals surface area (Å²) in [7, 11) is 0. The van der Waals surface area contributed by atoms with E-state index in [4.69, 9.17) is 5.11 Å². The monoisotopic (exact) mass is 349 g/mol. The summed E-state index contributed by atoms with van der Waals surface area (Å²) in [5.41, 5.74) is 0.986. The van der Waals surface area contributed by atoms with E-state index in [1.54, 1.807) is 6.20 Å². The zero-order chi connectivity index (χ0) is 17.8. The van der Waals surface area contributed by atoms with Crippen molar-refractivity contribution in [2.24, 2.45) is 0 Å². The van der Waals surface area contributed by atoms with Crippen LogP contribution in [0.4, 0.5) is 4.79 Å². The predicted molar refractivity (Wildman–Crippen MR) is 92.1 cm³/mol. The number of likely N-dealkylation sites (N-methyl/N-ethyl adjacent to an activating group) is 1. The van der Waals surface area contributed by atoms with Gasteiger partial charge in [-0.1, -0.05) is 6.92 Å². The van der Waals surface area contributed by atoms with Gasteiger partial charge in [0, 0.05) is 24.8 Å². The Morgan fingerprint density at radius 2 is 2.24 bits per heavy atom. The number of nitrogens with zero attached hydrogens (tertiary/aromatic N) is 3. The summed E-state index contributed by atoms with van der Waals surface area (Å²) in [5, 5.41) is 19.1. The Kier molecular flexibility index (Phi) is 5.57. The van der Waals surface area contributed by atoms with Crippen LogP contribution >= 0.6 is 0 Å². The topological polar surface area (TPSA) is 102 Å². The van der Waals surface area contributed by atoms with Gasteiger partial charge < -0.3 is 15.3 Å². The molecular formula is C17H27N5O3. The maximum absolute atomic E-state index is 12.7. The summed E-state index contributed by atoms with van der Waals surface area (Å²) >= 11 is 0. The highest BCUT2D eigenvalue weighted by Gasteiger charge is 2.37. The van der Waals surface area contributed by atoms with Gasteiger partial charge in [0.1, 0.15) is 0 Å². The summed E-state index contributed by atoms with van der Waals surface area (Å²) in [5.74, 6) is -0.801. The third-order valence-corrected chi connectivity index (χ3v) is 5.35. The molecule has 2 aliphatic rings. The van der Waals surface area contributed by atoms with Crippen LogP contribution in [0.25, 0.3) is 0 Å². The van der Waals surface area contributed by atoms with Crippen LogP contribution in [0.5, 0.6) is 0 Å². The van der Waals surface area contributed by atoms with E-state index in [0.717, 1.165) is 44.3 Å². The molecule has 0 aromatic carbocycles. The van der Waals surface area contributed by atoms with Crippen LogP contribution in [-0.2, 0) is 4.79 Å². The second kappa shape index (κ2) is 7.86. The highest BCUT2D eigenvalue weighted by Crippen LogP contribution is 2.31. The first-order valence-corrected chi connectivity index (χ1v) is 9.10. The lowest BCUT2D eigenvalue weighted by Crippen LogP contribution is -2.57. The van der Waals surface area contributed by atoms with Crippen LogP contribution < -0.4 is 5.32 Å². The molecule has 2 heterocycles. The van der Waals surface area contributed by atoms with Crippen molar-refractivity contribution in [2.75, 3.05) is 19.6 Å². The van der Waals surface area contributed by atoms with E-state index in [9.17, 15) is 9.59 Å². The van der Waals surface area contributed by atoms with Crippen LogP contribution in [0, 0.1) is 0 Å². The summed E-state index contributed by atoms with van der Waals surface area (Å²) in [6.07, 6.45) is 6.43. The molecule has 1 saturated heterocycles. The maximum Gasteiger partial charge on any atom is 0.318 e. The minimum atomic E-state index is -0.801. The molecule has 3 rings (SSSR count). The summed E-state index contributed by atoms with van der Waals surface area (Å²) in [6, 6.07) is 2.34. The second-order valence-corrected chi connectivity index (χ2v) is 6.95. The normalized spacial score (nSPS) is 26.3. The Morgan fingerprint density at radius 3 is 2.88 bits per heavy atom. The molecule has 25 heavy (non-hydrogen) atoms. The molecule has 8 nitrogen and oxygen atoms in total. The van der Waals surface area contributed by atoms with E-state index in [1.165, 1.54) is 0 Å². The Balaban J connectivity index is 1.52. The second-order valence-electron chi connectivity index (χ2n) is 6.95. The molecule has 3 N–H and O–H groups in total. The molecule has 1 aromatic heterocycles. The van der Waals surface area contributed by atoms with Gasteiger partial charge in [0.15, 0.2) is 0 Å². The molecule has 8 heteroatoms. The molecule has 0 spiro atoms. The van der Waals surface area contributed by atoms with E-state index in [0.29, 0.717) is 6.54 Å². The van der Waals surface area contributed by atoms with Gasteiger partial charge in [-0.3, -0.25) is 14.8 Å². The highest BCUT2D eigenvalue weighted by atomic mass is 16.4.